The molecule has 2 rings (SSSR count). The van der Waals surface area contributed by atoms with Gasteiger partial charge in [0.15, 0.2) is 0 Å². The Balaban J connectivity index is 2.38. The number of benzene rings is 2. The van der Waals surface area contributed by atoms with Gasteiger partial charge in [0.1, 0.15) is 6.29 Å². The van der Waals surface area contributed by atoms with E-state index in [0.717, 1.165) is 17.4 Å². The second-order valence-corrected chi connectivity index (χ2v) is 5.66. The fourth-order valence-electron chi connectivity index (χ4n) is 2.57. The monoisotopic (exact) mass is 309 g/mol. The summed E-state index contributed by atoms with van der Waals surface area (Å²) < 4.78 is 0. The molecule has 0 aromatic heterocycles. The van der Waals surface area contributed by atoms with Crippen molar-refractivity contribution in [3.8, 4) is 0 Å². The van der Waals surface area contributed by atoms with Crippen LogP contribution in [0.4, 0.5) is 0 Å². The van der Waals surface area contributed by atoms with Gasteiger partial charge in [-0.05, 0) is 18.1 Å². The van der Waals surface area contributed by atoms with E-state index in [1.165, 1.54) is 0 Å². The number of carbonyl (C=O) groups excluding carboxylic acids is 1. The Morgan fingerprint density at radius 2 is 1.65 bits per heavy atom. The summed E-state index contributed by atoms with van der Waals surface area (Å²) in [5.74, 6) is -0.530. The van der Waals surface area contributed by atoms with Gasteiger partial charge in [-0.25, -0.2) is 0 Å². The summed E-state index contributed by atoms with van der Waals surface area (Å²) in [6.45, 7) is 1.45. The third kappa shape index (κ3) is 4.13. The van der Waals surface area contributed by atoms with E-state index in [9.17, 15) is 14.9 Å². The summed E-state index contributed by atoms with van der Waals surface area (Å²) in [6, 6.07) is 18.7. The molecule has 4 heteroatoms. The zero-order valence-electron chi connectivity index (χ0n) is 13.0. The highest BCUT2D eigenvalue weighted by molar-refractivity contribution is 5.70. The van der Waals surface area contributed by atoms with Gasteiger partial charge < -0.3 is 4.79 Å². The first-order valence-electron chi connectivity index (χ1n) is 7.43. The van der Waals surface area contributed by atoms with Crippen molar-refractivity contribution in [3.05, 3.63) is 88.0 Å². The van der Waals surface area contributed by atoms with Crippen molar-refractivity contribution in [2.45, 2.75) is 12.3 Å². The SMILES string of the molecule is C[C@](C=O)(c1ccccc1)[C@@H](/C=C/c1ccccc1)C[N+](=O)[O-]. The molecule has 118 valence electrons. The molecule has 4 nitrogen and oxygen atoms in total. The van der Waals surface area contributed by atoms with Crippen LogP contribution in [-0.2, 0) is 10.2 Å². The minimum Gasteiger partial charge on any atom is -0.302 e. The van der Waals surface area contributed by atoms with Crippen molar-refractivity contribution in [1.82, 2.24) is 0 Å². The molecule has 0 amide bonds. The fourth-order valence-corrected chi connectivity index (χ4v) is 2.57. The lowest BCUT2D eigenvalue weighted by molar-refractivity contribution is -0.487. The fraction of sp³-hybridized carbons (Fsp3) is 0.211. The lowest BCUT2D eigenvalue weighted by Gasteiger charge is -2.29. The molecule has 0 N–H and O–H groups in total. The largest absolute Gasteiger partial charge is 0.302 e. The van der Waals surface area contributed by atoms with Gasteiger partial charge in [0.2, 0.25) is 6.54 Å². The van der Waals surface area contributed by atoms with E-state index >= 15 is 0 Å². The summed E-state index contributed by atoms with van der Waals surface area (Å²) >= 11 is 0. The van der Waals surface area contributed by atoms with Crippen LogP contribution in [0.5, 0.6) is 0 Å². The second-order valence-electron chi connectivity index (χ2n) is 5.66. The summed E-state index contributed by atoms with van der Waals surface area (Å²) in [4.78, 5) is 22.5. The predicted molar refractivity (Wildman–Crippen MR) is 90.7 cm³/mol. The van der Waals surface area contributed by atoms with E-state index in [1.54, 1.807) is 13.0 Å². The van der Waals surface area contributed by atoms with E-state index < -0.39 is 11.3 Å². The molecule has 0 fully saturated rings. The molecule has 0 radical (unpaired) electrons. The molecule has 0 saturated heterocycles. The highest BCUT2D eigenvalue weighted by Gasteiger charge is 2.37. The summed E-state index contributed by atoms with van der Waals surface area (Å²) in [6.07, 6.45) is 4.41. The predicted octanol–water partition coefficient (Wildman–Crippen LogP) is 3.75. The maximum absolute atomic E-state index is 11.8. The molecule has 0 aliphatic rings. The molecule has 0 saturated carbocycles. The lowest BCUT2D eigenvalue weighted by Crippen LogP contribution is -2.37. The van der Waals surface area contributed by atoms with Gasteiger partial charge in [-0.2, -0.15) is 0 Å². The van der Waals surface area contributed by atoms with Crippen LogP contribution >= 0.6 is 0 Å². The van der Waals surface area contributed by atoms with Crippen molar-refractivity contribution < 1.29 is 9.72 Å². The first-order valence-corrected chi connectivity index (χ1v) is 7.43. The Morgan fingerprint density at radius 1 is 1.09 bits per heavy atom. The van der Waals surface area contributed by atoms with Crippen molar-refractivity contribution in [2.24, 2.45) is 5.92 Å². The van der Waals surface area contributed by atoms with Crippen LogP contribution in [0.15, 0.2) is 66.7 Å². The first kappa shape index (κ1) is 16.6. The quantitative estimate of drug-likeness (QED) is 0.444. The molecule has 0 bridgehead atoms. The Morgan fingerprint density at radius 3 is 2.17 bits per heavy atom. The van der Waals surface area contributed by atoms with Gasteiger partial charge in [-0.3, -0.25) is 10.1 Å². The van der Waals surface area contributed by atoms with Gasteiger partial charge in [-0.1, -0.05) is 72.8 Å². The van der Waals surface area contributed by atoms with Gasteiger partial charge in [0.05, 0.1) is 11.3 Å². The maximum atomic E-state index is 11.8. The topological polar surface area (TPSA) is 60.2 Å². The minimum absolute atomic E-state index is 0.298. The third-order valence-electron chi connectivity index (χ3n) is 4.08. The molecule has 0 aliphatic heterocycles. The highest BCUT2D eigenvalue weighted by Crippen LogP contribution is 2.32. The van der Waals surface area contributed by atoms with Crippen LogP contribution in [0, 0.1) is 16.0 Å². The molecule has 2 atom stereocenters. The maximum Gasteiger partial charge on any atom is 0.211 e. The Hall–Kier alpha value is -2.75. The Labute approximate surface area is 135 Å². The summed E-state index contributed by atoms with van der Waals surface area (Å²) in [7, 11) is 0. The summed E-state index contributed by atoms with van der Waals surface area (Å²) in [5, 5.41) is 11.1. The smallest absolute Gasteiger partial charge is 0.211 e. The number of aldehydes is 1. The normalized spacial score (nSPS) is 15.0. The molecule has 0 spiro atoms. The van der Waals surface area contributed by atoms with E-state index in [-0.39, 0.29) is 11.5 Å². The van der Waals surface area contributed by atoms with Crippen molar-refractivity contribution in [3.63, 3.8) is 0 Å². The van der Waals surface area contributed by atoms with Crippen LogP contribution in [0.3, 0.4) is 0 Å². The molecule has 2 aromatic rings. The van der Waals surface area contributed by atoms with Crippen LogP contribution in [-0.4, -0.2) is 17.8 Å². The molecular weight excluding hydrogens is 290 g/mol. The number of hydrogen-bond acceptors (Lipinski definition) is 3. The molecule has 0 aliphatic carbocycles. The van der Waals surface area contributed by atoms with Crippen molar-refractivity contribution >= 4 is 12.4 Å². The highest BCUT2D eigenvalue weighted by atomic mass is 16.6. The number of nitro groups is 1. The van der Waals surface area contributed by atoms with E-state index in [0.29, 0.717) is 0 Å². The number of carbonyl (C=O) groups is 1. The average molecular weight is 309 g/mol. The van der Waals surface area contributed by atoms with E-state index in [1.807, 2.05) is 66.7 Å². The average Bonchev–Trinajstić information content (AvgIpc) is 2.59. The Kier molecular flexibility index (Phi) is 5.41. The zero-order chi connectivity index (χ0) is 16.7. The number of hydrogen-bond donors (Lipinski definition) is 0. The lowest BCUT2D eigenvalue weighted by atomic mass is 9.72. The van der Waals surface area contributed by atoms with Gasteiger partial charge in [0, 0.05) is 4.92 Å². The zero-order valence-corrected chi connectivity index (χ0v) is 13.0. The Bertz CT molecular complexity index is 682. The second kappa shape index (κ2) is 7.49. The van der Waals surface area contributed by atoms with E-state index in [4.69, 9.17) is 0 Å². The molecule has 0 unspecified atom stereocenters. The van der Waals surface area contributed by atoms with Gasteiger partial charge in [-0.15, -0.1) is 0 Å². The van der Waals surface area contributed by atoms with Crippen molar-refractivity contribution in [2.75, 3.05) is 6.54 Å². The standard InChI is InChI=1S/C19H19NO3/c1-19(15-21,17-10-6-3-7-11-17)18(14-20(22)23)13-12-16-8-4-2-5-9-16/h2-13,15,18H,14H2,1H3/b13-12+/t18-,19-/m0/s1. The molecule has 0 heterocycles. The molecule has 23 heavy (non-hydrogen) atoms. The molecule has 2 aromatic carbocycles. The van der Waals surface area contributed by atoms with Crippen LogP contribution in [0.2, 0.25) is 0 Å². The minimum atomic E-state index is -0.945. The van der Waals surface area contributed by atoms with Crippen LogP contribution in [0.1, 0.15) is 18.1 Å². The van der Waals surface area contributed by atoms with Crippen LogP contribution < -0.4 is 0 Å². The van der Waals surface area contributed by atoms with Crippen LogP contribution in [0.25, 0.3) is 6.08 Å². The van der Waals surface area contributed by atoms with Crippen molar-refractivity contribution in [1.29, 1.82) is 0 Å². The first-order chi connectivity index (χ1) is 11.1. The van der Waals surface area contributed by atoms with Gasteiger partial charge >= 0.3 is 0 Å². The van der Waals surface area contributed by atoms with E-state index in [2.05, 4.69) is 0 Å². The number of rotatable bonds is 7. The third-order valence-corrected chi connectivity index (χ3v) is 4.08. The molecular formula is C19H19NO3. The number of nitrogens with zero attached hydrogens (tertiary/aromatic N) is 1. The summed E-state index contributed by atoms with van der Waals surface area (Å²) in [5.41, 5.74) is 0.779. The van der Waals surface area contributed by atoms with Gasteiger partial charge in [0.25, 0.3) is 0 Å².